The Labute approximate surface area is 196 Å². The Bertz CT molecular complexity index is 980. The summed E-state index contributed by atoms with van der Waals surface area (Å²) in [6, 6.07) is 12.7. The summed E-state index contributed by atoms with van der Waals surface area (Å²) in [6.45, 7) is 7.07. The molecule has 1 unspecified atom stereocenters. The van der Waals surface area contributed by atoms with Crippen LogP contribution in [-0.2, 0) is 16.1 Å². The molecule has 0 radical (unpaired) electrons. The third-order valence-corrected chi connectivity index (χ3v) is 7.26. The highest BCUT2D eigenvalue weighted by molar-refractivity contribution is 5.96. The van der Waals surface area contributed by atoms with Gasteiger partial charge in [0.05, 0.1) is 5.92 Å². The average molecular weight is 452 g/mol. The first-order valence-electron chi connectivity index (χ1n) is 12.1. The van der Waals surface area contributed by atoms with Crippen LogP contribution < -0.4 is 5.32 Å². The molecule has 6 heteroatoms. The van der Waals surface area contributed by atoms with Gasteiger partial charge in [0, 0.05) is 49.9 Å². The molecule has 33 heavy (non-hydrogen) atoms. The molecule has 5 nitrogen and oxygen atoms in total. The maximum absolute atomic E-state index is 14.8. The van der Waals surface area contributed by atoms with Crippen molar-refractivity contribution in [3.8, 4) is 0 Å². The molecule has 1 aliphatic carbocycles. The minimum absolute atomic E-state index is 0.110. The summed E-state index contributed by atoms with van der Waals surface area (Å²) in [5, 5.41) is 2.99. The molecule has 1 saturated heterocycles. The van der Waals surface area contributed by atoms with Crippen molar-refractivity contribution in [3.05, 3.63) is 65.0 Å². The molecule has 1 heterocycles. The van der Waals surface area contributed by atoms with Gasteiger partial charge >= 0.3 is 0 Å². The second-order valence-corrected chi connectivity index (χ2v) is 9.40. The van der Waals surface area contributed by atoms with Crippen LogP contribution in [-0.4, -0.2) is 47.8 Å². The lowest BCUT2D eigenvalue weighted by molar-refractivity contribution is -0.137. The van der Waals surface area contributed by atoms with Gasteiger partial charge in [-0.25, -0.2) is 4.39 Å². The van der Waals surface area contributed by atoms with Crippen molar-refractivity contribution in [2.75, 3.05) is 31.5 Å². The summed E-state index contributed by atoms with van der Waals surface area (Å²) in [5.41, 5.74) is 2.96. The zero-order chi connectivity index (χ0) is 23.4. The van der Waals surface area contributed by atoms with E-state index in [0.29, 0.717) is 36.8 Å². The second-order valence-electron chi connectivity index (χ2n) is 9.40. The number of nitrogens with zero attached hydrogens (tertiary/aromatic N) is 2. The highest BCUT2D eigenvalue weighted by atomic mass is 19.1. The van der Waals surface area contributed by atoms with Crippen molar-refractivity contribution in [2.45, 2.75) is 52.0 Å². The highest BCUT2D eigenvalue weighted by Gasteiger charge is 2.29. The summed E-state index contributed by atoms with van der Waals surface area (Å²) in [7, 11) is 0. The summed E-state index contributed by atoms with van der Waals surface area (Å²) in [4.78, 5) is 29.7. The average Bonchev–Trinajstić information content (AvgIpc) is 3.38. The maximum atomic E-state index is 14.8. The van der Waals surface area contributed by atoms with E-state index in [9.17, 15) is 14.0 Å². The zero-order valence-electron chi connectivity index (χ0n) is 19.6. The molecule has 2 aromatic carbocycles. The molecule has 1 N–H and O–H groups in total. The molecule has 1 aliphatic heterocycles. The van der Waals surface area contributed by atoms with Gasteiger partial charge in [-0.05, 0) is 49.9 Å². The van der Waals surface area contributed by atoms with Gasteiger partial charge < -0.3 is 10.2 Å². The highest BCUT2D eigenvalue weighted by Crippen LogP contribution is 2.28. The maximum Gasteiger partial charge on any atom is 0.231 e. The van der Waals surface area contributed by atoms with Crippen LogP contribution in [0.25, 0.3) is 0 Å². The fourth-order valence-electron chi connectivity index (χ4n) is 4.97. The van der Waals surface area contributed by atoms with Crippen LogP contribution in [0.2, 0.25) is 0 Å². The van der Waals surface area contributed by atoms with Crippen LogP contribution in [0.5, 0.6) is 0 Å². The molecule has 0 aromatic heterocycles. The number of rotatable bonds is 6. The van der Waals surface area contributed by atoms with E-state index in [0.717, 1.165) is 49.9 Å². The van der Waals surface area contributed by atoms with Crippen molar-refractivity contribution in [3.63, 3.8) is 0 Å². The second kappa shape index (κ2) is 10.5. The molecule has 2 aliphatic rings. The van der Waals surface area contributed by atoms with Gasteiger partial charge in [0.15, 0.2) is 0 Å². The third kappa shape index (κ3) is 5.44. The molecule has 0 spiro atoms. The Hall–Kier alpha value is -2.73. The van der Waals surface area contributed by atoms with Gasteiger partial charge in [-0.3, -0.25) is 14.5 Å². The number of halogens is 1. The number of nitrogens with one attached hydrogen (secondary N) is 1. The van der Waals surface area contributed by atoms with E-state index in [-0.39, 0.29) is 23.6 Å². The Morgan fingerprint density at radius 3 is 2.36 bits per heavy atom. The number of benzene rings is 2. The van der Waals surface area contributed by atoms with E-state index in [1.807, 2.05) is 49.1 Å². The molecular weight excluding hydrogens is 417 g/mol. The van der Waals surface area contributed by atoms with E-state index in [1.165, 1.54) is 6.07 Å². The lowest BCUT2D eigenvalue weighted by Crippen LogP contribution is -2.49. The molecule has 176 valence electrons. The van der Waals surface area contributed by atoms with Gasteiger partial charge in [0.2, 0.25) is 11.8 Å². The lowest BCUT2D eigenvalue weighted by Gasteiger charge is -2.36. The summed E-state index contributed by atoms with van der Waals surface area (Å²) in [6.07, 6.45) is 4.35. The predicted molar refractivity (Wildman–Crippen MR) is 128 cm³/mol. The number of hydrogen-bond donors (Lipinski definition) is 1. The molecule has 0 bridgehead atoms. The van der Waals surface area contributed by atoms with E-state index in [2.05, 4.69) is 10.2 Å². The molecule has 2 fully saturated rings. The van der Waals surface area contributed by atoms with Crippen LogP contribution in [0.4, 0.5) is 10.1 Å². The molecule has 4 rings (SSSR count). The quantitative estimate of drug-likeness (QED) is 0.692. The summed E-state index contributed by atoms with van der Waals surface area (Å²) in [5.74, 6) is -0.168. The smallest absolute Gasteiger partial charge is 0.231 e. The Balaban J connectivity index is 1.38. The SMILES string of the molecule is Cc1c(NC(=O)C(C)c2ccccc2)ccc(F)c1CN1CCN(C(=O)C2CCCC2)CC1. The standard InChI is InChI=1S/C27H34FN3O2/c1-19(21-8-4-3-5-9-21)26(32)29-25-13-12-24(28)23(20(25)2)18-30-14-16-31(17-15-30)27(33)22-10-6-7-11-22/h3-5,8-9,12-13,19,22H,6-7,10-11,14-18H2,1-2H3,(H,29,32). The van der Waals surface area contributed by atoms with Gasteiger partial charge in [0.25, 0.3) is 0 Å². The number of amides is 2. The van der Waals surface area contributed by atoms with E-state index >= 15 is 0 Å². The van der Waals surface area contributed by atoms with Gasteiger partial charge in [-0.2, -0.15) is 0 Å². The number of anilines is 1. The zero-order valence-corrected chi connectivity index (χ0v) is 19.6. The first kappa shape index (κ1) is 23.4. The molecule has 1 atom stereocenters. The van der Waals surface area contributed by atoms with E-state index in [1.54, 1.807) is 6.07 Å². The first-order valence-corrected chi connectivity index (χ1v) is 12.1. The van der Waals surface area contributed by atoms with Crippen molar-refractivity contribution in [1.29, 1.82) is 0 Å². The van der Waals surface area contributed by atoms with Crippen LogP contribution >= 0.6 is 0 Å². The fourth-order valence-corrected chi connectivity index (χ4v) is 4.97. The Morgan fingerprint density at radius 2 is 1.70 bits per heavy atom. The van der Waals surface area contributed by atoms with Crippen LogP contribution in [0.1, 0.15) is 55.2 Å². The van der Waals surface area contributed by atoms with Gasteiger partial charge in [-0.1, -0.05) is 43.2 Å². The largest absolute Gasteiger partial charge is 0.340 e. The van der Waals surface area contributed by atoms with Crippen molar-refractivity contribution in [2.24, 2.45) is 5.92 Å². The van der Waals surface area contributed by atoms with E-state index in [4.69, 9.17) is 0 Å². The lowest BCUT2D eigenvalue weighted by atomic mass is 9.99. The minimum atomic E-state index is -0.301. The normalized spacial score (nSPS) is 18.3. The van der Waals surface area contributed by atoms with Crippen LogP contribution in [0.15, 0.2) is 42.5 Å². The fraction of sp³-hybridized carbons (Fsp3) is 0.481. The number of hydrogen-bond acceptors (Lipinski definition) is 3. The monoisotopic (exact) mass is 451 g/mol. The summed E-state index contributed by atoms with van der Waals surface area (Å²) < 4.78 is 14.8. The van der Waals surface area contributed by atoms with Crippen LogP contribution in [0, 0.1) is 18.7 Å². The number of carbonyl (C=O) groups excluding carboxylic acids is 2. The Morgan fingerprint density at radius 1 is 1.03 bits per heavy atom. The minimum Gasteiger partial charge on any atom is -0.340 e. The Kier molecular flexibility index (Phi) is 7.43. The number of piperazine rings is 1. The molecule has 2 amide bonds. The predicted octanol–water partition coefficient (Wildman–Crippen LogP) is 4.71. The van der Waals surface area contributed by atoms with Gasteiger partial charge in [-0.15, -0.1) is 0 Å². The van der Waals surface area contributed by atoms with Crippen LogP contribution in [0.3, 0.4) is 0 Å². The van der Waals surface area contributed by atoms with Crippen molar-refractivity contribution >= 4 is 17.5 Å². The van der Waals surface area contributed by atoms with Crippen molar-refractivity contribution in [1.82, 2.24) is 9.80 Å². The first-order chi connectivity index (χ1) is 15.9. The molecule has 2 aromatic rings. The number of carbonyl (C=O) groups is 2. The van der Waals surface area contributed by atoms with E-state index < -0.39 is 0 Å². The molecular formula is C27H34FN3O2. The third-order valence-electron chi connectivity index (χ3n) is 7.26. The summed E-state index contributed by atoms with van der Waals surface area (Å²) >= 11 is 0. The topological polar surface area (TPSA) is 52.7 Å². The molecule has 1 saturated carbocycles. The van der Waals surface area contributed by atoms with Crippen molar-refractivity contribution < 1.29 is 14.0 Å². The van der Waals surface area contributed by atoms with Gasteiger partial charge in [0.1, 0.15) is 5.82 Å².